The van der Waals surface area contributed by atoms with Gasteiger partial charge in [0.25, 0.3) is 5.91 Å². The fourth-order valence-corrected chi connectivity index (χ4v) is 3.56. The maximum atomic E-state index is 12.7. The summed E-state index contributed by atoms with van der Waals surface area (Å²) in [4.78, 5) is 14.9. The number of β-amino-alcohol motifs (C(OH)–C–C–N with tert-alkyl or cyclic N) is 1. The van der Waals surface area contributed by atoms with Gasteiger partial charge in [-0.1, -0.05) is 0 Å². The van der Waals surface area contributed by atoms with Crippen LogP contribution in [-0.2, 0) is 0 Å². The van der Waals surface area contributed by atoms with Crippen molar-refractivity contribution < 1.29 is 24.5 Å². The van der Waals surface area contributed by atoms with Crippen molar-refractivity contribution in [3.8, 4) is 11.5 Å². The van der Waals surface area contributed by atoms with E-state index in [9.17, 15) is 9.90 Å². The van der Waals surface area contributed by atoms with Crippen LogP contribution in [0.2, 0.25) is 0 Å². The quantitative estimate of drug-likeness (QED) is 0.523. The molecule has 1 aromatic carbocycles. The molecule has 5 N–H and O–H groups in total. The van der Waals surface area contributed by atoms with Gasteiger partial charge >= 0.3 is 0 Å². The number of nitrogens with zero attached hydrogens (tertiary/aromatic N) is 1. The van der Waals surface area contributed by atoms with Crippen molar-refractivity contribution in [1.29, 1.82) is 0 Å². The lowest BCUT2D eigenvalue weighted by atomic mass is 9.93. The number of fused-ring (bicyclic) bond motifs is 1. The van der Waals surface area contributed by atoms with E-state index in [0.29, 0.717) is 55.5 Å². The number of benzene rings is 1. The molecule has 1 saturated heterocycles. The molecule has 0 radical (unpaired) electrons. The Labute approximate surface area is 159 Å². The minimum Gasteiger partial charge on any atom is -0.489 e. The zero-order chi connectivity index (χ0) is 19.2. The van der Waals surface area contributed by atoms with E-state index in [1.807, 2.05) is 0 Å². The molecule has 8 heteroatoms. The van der Waals surface area contributed by atoms with Crippen LogP contribution in [0.1, 0.15) is 29.6 Å². The number of aliphatic hydroxyl groups excluding tert-OH is 2. The van der Waals surface area contributed by atoms with E-state index in [1.165, 1.54) is 0 Å². The Hall–Kier alpha value is -2.03. The van der Waals surface area contributed by atoms with Gasteiger partial charge in [-0.15, -0.1) is 0 Å². The number of ether oxygens (including phenoxy) is 2. The van der Waals surface area contributed by atoms with E-state index in [1.54, 1.807) is 12.1 Å². The number of hydrogen-bond acceptors (Lipinski definition) is 7. The number of carbonyl (C=O) groups is 1. The second-order valence-electron chi connectivity index (χ2n) is 7.15. The maximum Gasteiger partial charge on any atom is 0.255 e. The maximum absolute atomic E-state index is 12.7. The summed E-state index contributed by atoms with van der Waals surface area (Å²) >= 11 is 0. The highest BCUT2D eigenvalue weighted by Gasteiger charge is 2.28. The van der Waals surface area contributed by atoms with Gasteiger partial charge in [-0.3, -0.25) is 4.79 Å². The summed E-state index contributed by atoms with van der Waals surface area (Å²) in [6, 6.07) is 3.26. The summed E-state index contributed by atoms with van der Waals surface area (Å²) in [5, 5.41) is 22.2. The Kier molecular flexibility index (Phi) is 6.76. The zero-order valence-corrected chi connectivity index (χ0v) is 15.5. The average Bonchev–Trinajstić information content (AvgIpc) is 2.90. The molecule has 1 amide bonds. The summed E-state index contributed by atoms with van der Waals surface area (Å²) in [6.45, 7) is 3.74. The van der Waals surface area contributed by atoms with Crippen molar-refractivity contribution in [1.82, 2.24) is 10.2 Å². The molecule has 8 nitrogen and oxygen atoms in total. The predicted octanol–water partition coefficient (Wildman–Crippen LogP) is 0.225. The molecule has 0 unspecified atom stereocenters. The van der Waals surface area contributed by atoms with E-state index in [2.05, 4.69) is 10.2 Å². The number of likely N-dealkylation sites (tertiary alicyclic amines) is 1. The van der Waals surface area contributed by atoms with Crippen molar-refractivity contribution in [3.63, 3.8) is 0 Å². The number of nitrogen functional groups attached to an aromatic ring is 1. The molecular formula is C19H29N3O5. The molecule has 0 aliphatic carbocycles. The van der Waals surface area contributed by atoms with Crippen LogP contribution >= 0.6 is 0 Å². The highest BCUT2D eigenvalue weighted by Crippen LogP contribution is 2.35. The normalized spacial score (nSPS) is 22.9. The molecule has 1 fully saturated rings. The third-order valence-corrected chi connectivity index (χ3v) is 5.08. The van der Waals surface area contributed by atoms with E-state index >= 15 is 0 Å². The van der Waals surface area contributed by atoms with Crippen molar-refractivity contribution in [2.75, 3.05) is 51.7 Å². The molecule has 0 spiro atoms. The van der Waals surface area contributed by atoms with Crippen molar-refractivity contribution in [2.24, 2.45) is 5.92 Å². The van der Waals surface area contributed by atoms with Crippen LogP contribution in [0.4, 0.5) is 5.69 Å². The monoisotopic (exact) mass is 379 g/mol. The van der Waals surface area contributed by atoms with Crippen LogP contribution in [0.15, 0.2) is 12.1 Å². The Bertz CT molecular complexity index is 654. The second-order valence-corrected chi connectivity index (χ2v) is 7.15. The first-order valence-electron chi connectivity index (χ1n) is 9.57. The minimum absolute atomic E-state index is 0.00356. The Morgan fingerprint density at radius 1 is 1.33 bits per heavy atom. The van der Waals surface area contributed by atoms with Crippen LogP contribution in [0.5, 0.6) is 11.5 Å². The summed E-state index contributed by atoms with van der Waals surface area (Å²) in [6.07, 6.45) is 1.74. The molecule has 1 aromatic rings. The van der Waals surface area contributed by atoms with Crippen LogP contribution in [-0.4, -0.2) is 73.1 Å². The van der Waals surface area contributed by atoms with Gasteiger partial charge < -0.3 is 35.6 Å². The SMILES string of the molecule is Nc1cc2c(c(C(=O)NC[C@@H]3CCN(CCCO)C[C@H]3O)c1)OCCCO2. The molecule has 2 aliphatic heterocycles. The van der Waals surface area contributed by atoms with Gasteiger partial charge in [0.15, 0.2) is 11.5 Å². The number of anilines is 1. The number of nitrogens with one attached hydrogen (secondary N) is 1. The van der Waals surface area contributed by atoms with Crippen molar-refractivity contribution >= 4 is 11.6 Å². The zero-order valence-electron chi connectivity index (χ0n) is 15.5. The van der Waals surface area contributed by atoms with Gasteiger partial charge in [0.2, 0.25) is 0 Å². The third kappa shape index (κ3) is 5.03. The molecule has 0 bridgehead atoms. The molecule has 2 heterocycles. The Balaban J connectivity index is 1.59. The van der Waals surface area contributed by atoms with Crippen molar-refractivity contribution in [2.45, 2.75) is 25.4 Å². The standard InChI is InChI=1S/C19H29N3O5/c20-14-9-15(18-17(10-14)26-7-2-8-27-18)19(25)21-11-13-3-5-22(4-1-6-23)12-16(13)24/h9-10,13,16,23-24H,1-8,11-12,20H2,(H,21,25)/t13-,16+/m0/s1. The lowest BCUT2D eigenvalue weighted by Crippen LogP contribution is -2.48. The first kappa shape index (κ1) is 19.7. The molecule has 2 atom stereocenters. The van der Waals surface area contributed by atoms with Crippen LogP contribution in [0, 0.1) is 5.92 Å². The number of aliphatic hydroxyl groups is 2. The fourth-order valence-electron chi connectivity index (χ4n) is 3.56. The number of rotatable bonds is 6. The van der Waals surface area contributed by atoms with Gasteiger partial charge in [0, 0.05) is 50.3 Å². The summed E-state index contributed by atoms with van der Waals surface area (Å²) in [7, 11) is 0. The second kappa shape index (κ2) is 9.25. The molecule has 0 aromatic heterocycles. The average molecular weight is 379 g/mol. The van der Waals surface area contributed by atoms with Crippen LogP contribution in [0.3, 0.4) is 0 Å². The lowest BCUT2D eigenvalue weighted by molar-refractivity contribution is 0.0201. The summed E-state index contributed by atoms with van der Waals surface area (Å²) in [5.74, 6) is 0.642. The Morgan fingerprint density at radius 2 is 2.15 bits per heavy atom. The summed E-state index contributed by atoms with van der Waals surface area (Å²) < 4.78 is 11.3. The number of amides is 1. The van der Waals surface area contributed by atoms with E-state index in [0.717, 1.165) is 25.9 Å². The molecule has 27 heavy (non-hydrogen) atoms. The number of nitrogens with two attached hydrogens (primary N) is 1. The highest BCUT2D eigenvalue weighted by molar-refractivity contribution is 5.98. The first-order chi connectivity index (χ1) is 13.1. The number of piperidine rings is 1. The molecular weight excluding hydrogens is 350 g/mol. The van der Waals surface area contributed by atoms with E-state index in [4.69, 9.17) is 20.3 Å². The van der Waals surface area contributed by atoms with Gasteiger partial charge in [-0.25, -0.2) is 0 Å². The summed E-state index contributed by atoms with van der Waals surface area (Å²) in [5.41, 5.74) is 6.72. The Morgan fingerprint density at radius 3 is 2.93 bits per heavy atom. The molecule has 0 saturated carbocycles. The van der Waals surface area contributed by atoms with E-state index < -0.39 is 6.10 Å². The van der Waals surface area contributed by atoms with E-state index in [-0.39, 0.29) is 18.4 Å². The largest absolute Gasteiger partial charge is 0.489 e. The van der Waals surface area contributed by atoms with Crippen LogP contribution in [0.25, 0.3) is 0 Å². The topological polar surface area (TPSA) is 117 Å². The molecule has 3 rings (SSSR count). The predicted molar refractivity (Wildman–Crippen MR) is 101 cm³/mol. The number of carbonyl (C=O) groups excluding carboxylic acids is 1. The third-order valence-electron chi connectivity index (χ3n) is 5.08. The molecule has 2 aliphatic rings. The first-order valence-corrected chi connectivity index (χ1v) is 9.57. The lowest BCUT2D eigenvalue weighted by Gasteiger charge is -2.36. The van der Waals surface area contributed by atoms with Gasteiger partial charge in [-0.05, 0) is 25.5 Å². The minimum atomic E-state index is -0.504. The van der Waals surface area contributed by atoms with Crippen LogP contribution < -0.4 is 20.5 Å². The smallest absolute Gasteiger partial charge is 0.255 e. The van der Waals surface area contributed by atoms with Gasteiger partial charge in [-0.2, -0.15) is 0 Å². The van der Waals surface area contributed by atoms with Crippen molar-refractivity contribution in [3.05, 3.63) is 17.7 Å². The van der Waals surface area contributed by atoms with Gasteiger partial charge in [0.05, 0.1) is 24.9 Å². The molecule has 150 valence electrons. The van der Waals surface area contributed by atoms with Gasteiger partial charge in [0.1, 0.15) is 0 Å². The number of hydrogen-bond donors (Lipinski definition) is 4. The fraction of sp³-hybridized carbons (Fsp3) is 0.632. The highest BCUT2D eigenvalue weighted by atomic mass is 16.5.